The van der Waals surface area contributed by atoms with E-state index >= 15 is 0 Å². The SMILES string of the molecule is CCc1ccc(Nc2ccc(-c3c(C)cnc4[nH]ccc34)c(F)n2)cn1. The Bertz CT molecular complexity index is 1070. The molecule has 0 bridgehead atoms. The van der Waals surface area contributed by atoms with Crippen LogP contribution in [0.4, 0.5) is 15.9 Å². The van der Waals surface area contributed by atoms with Crippen molar-refractivity contribution in [2.75, 3.05) is 5.32 Å². The zero-order chi connectivity index (χ0) is 18.1. The molecule has 130 valence electrons. The number of nitrogens with zero attached hydrogens (tertiary/aromatic N) is 3. The van der Waals surface area contributed by atoms with E-state index in [1.807, 2.05) is 32.0 Å². The third-order valence-electron chi connectivity index (χ3n) is 4.35. The molecule has 0 aliphatic heterocycles. The number of halogens is 1. The van der Waals surface area contributed by atoms with Gasteiger partial charge in [0.15, 0.2) is 0 Å². The van der Waals surface area contributed by atoms with Gasteiger partial charge in [-0.15, -0.1) is 0 Å². The summed E-state index contributed by atoms with van der Waals surface area (Å²) >= 11 is 0. The lowest BCUT2D eigenvalue weighted by atomic mass is 10.0. The van der Waals surface area contributed by atoms with Gasteiger partial charge in [-0.2, -0.15) is 4.39 Å². The molecule has 0 aliphatic carbocycles. The third kappa shape index (κ3) is 2.90. The third-order valence-corrected chi connectivity index (χ3v) is 4.35. The van der Waals surface area contributed by atoms with Gasteiger partial charge in [0.2, 0.25) is 5.95 Å². The highest BCUT2D eigenvalue weighted by atomic mass is 19.1. The number of anilines is 2. The maximum Gasteiger partial charge on any atom is 0.222 e. The Labute approximate surface area is 150 Å². The summed E-state index contributed by atoms with van der Waals surface area (Å²) in [7, 11) is 0. The van der Waals surface area contributed by atoms with Crippen LogP contribution in [0.3, 0.4) is 0 Å². The monoisotopic (exact) mass is 347 g/mol. The highest BCUT2D eigenvalue weighted by Crippen LogP contribution is 2.32. The van der Waals surface area contributed by atoms with Crippen molar-refractivity contribution in [1.82, 2.24) is 19.9 Å². The van der Waals surface area contributed by atoms with Gasteiger partial charge in [0.1, 0.15) is 11.5 Å². The molecule has 2 N–H and O–H groups in total. The average Bonchev–Trinajstić information content (AvgIpc) is 3.12. The van der Waals surface area contributed by atoms with Crippen molar-refractivity contribution in [2.24, 2.45) is 0 Å². The van der Waals surface area contributed by atoms with Gasteiger partial charge in [-0.25, -0.2) is 9.97 Å². The quantitative estimate of drug-likeness (QED) is 0.522. The predicted molar refractivity (Wildman–Crippen MR) is 101 cm³/mol. The van der Waals surface area contributed by atoms with Gasteiger partial charge < -0.3 is 10.3 Å². The molecular weight excluding hydrogens is 329 g/mol. The van der Waals surface area contributed by atoms with Crippen molar-refractivity contribution in [3.05, 3.63) is 66.1 Å². The first-order valence-corrected chi connectivity index (χ1v) is 8.47. The zero-order valence-corrected chi connectivity index (χ0v) is 14.5. The molecule has 0 aliphatic rings. The number of pyridine rings is 3. The number of hydrogen-bond donors (Lipinski definition) is 2. The van der Waals surface area contributed by atoms with Crippen molar-refractivity contribution in [3.63, 3.8) is 0 Å². The van der Waals surface area contributed by atoms with Crippen LogP contribution < -0.4 is 5.32 Å². The first-order chi connectivity index (χ1) is 12.7. The number of fused-ring (bicyclic) bond motifs is 1. The molecule has 5 nitrogen and oxygen atoms in total. The molecular formula is C20H18FN5. The standard InChI is InChI=1S/C20H18FN5/c1-3-13-4-5-14(11-23-13)25-17-7-6-15(19(21)26-17)18-12(2)10-24-20-16(18)8-9-22-20/h4-11H,3H2,1-2H3,(H,22,24)(H,25,26). The molecule has 4 aromatic heterocycles. The molecule has 4 aromatic rings. The van der Waals surface area contributed by atoms with E-state index in [0.29, 0.717) is 11.4 Å². The Morgan fingerprint density at radius 1 is 1.08 bits per heavy atom. The summed E-state index contributed by atoms with van der Waals surface area (Å²) in [6.45, 7) is 3.97. The fourth-order valence-corrected chi connectivity index (χ4v) is 3.01. The Kier molecular flexibility index (Phi) is 4.08. The van der Waals surface area contributed by atoms with Crippen molar-refractivity contribution in [2.45, 2.75) is 20.3 Å². The summed E-state index contributed by atoms with van der Waals surface area (Å²) in [5.74, 6) is -0.0840. The van der Waals surface area contributed by atoms with Crippen molar-refractivity contribution < 1.29 is 4.39 Å². The minimum atomic E-state index is -0.523. The Balaban J connectivity index is 1.69. The summed E-state index contributed by atoms with van der Waals surface area (Å²) in [4.78, 5) is 15.8. The topological polar surface area (TPSA) is 66.5 Å². The summed E-state index contributed by atoms with van der Waals surface area (Å²) in [6, 6.07) is 9.26. The molecule has 26 heavy (non-hydrogen) atoms. The largest absolute Gasteiger partial charge is 0.346 e. The van der Waals surface area contributed by atoms with Gasteiger partial charge in [-0.05, 0) is 49.2 Å². The number of nitrogens with one attached hydrogen (secondary N) is 2. The molecule has 4 rings (SSSR count). The number of rotatable bonds is 4. The maximum atomic E-state index is 14.8. The van der Waals surface area contributed by atoms with Crippen LogP contribution in [0.5, 0.6) is 0 Å². The molecule has 0 fully saturated rings. The fraction of sp³-hybridized carbons (Fsp3) is 0.150. The van der Waals surface area contributed by atoms with Crippen LogP contribution in [0.25, 0.3) is 22.2 Å². The Hall–Kier alpha value is -3.28. The predicted octanol–water partition coefficient (Wildman–Crippen LogP) is 4.77. The van der Waals surface area contributed by atoms with Gasteiger partial charge in [0.25, 0.3) is 0 Å². The molecule has 0 saturated carbocycles. The van der Waals surface area contributed by atoms with Crippen LogP contribution in [0.15, 0.2) is 48.9 Å². The second-order valence-corrected chi connectivity index (χ2v) is 6.11. The summed E-state index contributed by atoms with van der Waals surface area (Å²) in [5, 5.41) is 3.97. The maximum absolute atomic E-state index is 14.8. The van der Waals surface area contributed by atoms with E-state index < -0.39 is 5.95 Å². The van der Waals surface area contributed by atoms with E-state index in [1.165, 1.54) is 0 Å². The van der Waals surface area contributed by atoms with Gasteiger partial charge in [0.05, 0.1) is 11.9 Å². The van der Waals surface area contributed by atoms with Crippen LogP contribution >= 0.6 is 0 Å². The molecule has 4 heterocycles. The van der Waals surface area contributed by atoms with E-state index in [-0.39, 0.29) is 0 Å². The normalized spacial score (nSPS) is 11.0. The second kappa shape index (κ2) is 6.55. The first-order valence-electron chi connectivity index (χ1n) is 8.47. The Morgan fingerprint density at radius 2 is 1.96 bits per heavy atom. The van der Waals surface area contributed by atoms with E-state index in [4.69, 9.17) is 0 Å². The summed E-state index contributed by atoms with van der Waals surface area (Å²) < 4.78 is 14.8. The van der Waals surface area contributed by atoms with Crippen LogP contribution in [0, 0.1) is 12.9 Å². The number of H-pyrrole nitrogens is 1. The smallest absolute Gasteiger partial charge is 0.222 e. The minimum absolute atomic E-state index is 0.439. The molecule has 0 amide bonds. The molecule has 6 heteroatoms. The van der Waals surface area contributed by atoms with Crippen LogP contribution in [-0.4, -0.2) is 19.9 Å². The van der Waals surface area contributed by atoms with Gasteiger partial charge >= 0.3 is 0 Å². The lowest BCUT2D eigenvalue weighted by molar-refractivity contribution is 0.589. The van der Waals surface area contributed by atoms with Crippen LogP contribution in [0.1, 0.15) is 18.2 Å². The summed E-state index contributed by atoms with van der Waals surface area (Å²) in [6.07, 6.45) is 6.14. The second-order valence-electron chi connectivity index (χ2n) is 6.11. The number of aromatic nitrogens is 4. The van der Waals surface area contributed by atoms with Crippen LogP contribution in [0.2, 0.25) is 0 Å². The molecule has 0 unspecified atom stereocenters. The van der Waals surface area contributed by atoms with Crippen LogP contribution in [-0.2, 0) is 6.42 Å². The van der Waals surface area contributed by atoms with Gasteiger partial charge in [-0.3, -0.25) is 4.98 Å². The lowest BCUT2D eigenvalue weighted by Crippen LogP contribution is -1.99. The van der Waals surface area contributed by atoms with E-state index in [9.17, 15) is 4.39 Å². The highest BCUT2D eigenvalue weighted by molar-refractivity contribution is 5.94. The van der Waals surface area contributed by atoms with E-state index in [1.54, 1.807) is 30.7 Å². The zero-order valence-electron chi connectivity index (χ0n) is 14.5. The van der Waals surface area contributed by atoms with E-state index in [2.05, 4.69) is 25.3 Å². The number of aromatic amines is 1. The molecule has 0 atom stereocenters. The van der Waals surface area contributed by atoms with Gasteiger partial charge in [0, 0.05) is 34.6 Å². The minimum Gasteiger partial charge on any atom is -0.346 e. The molecule has 0 spiro atoms. The number of hydrogen-bond acceptors (Lipinski definition) is 4. The fourth-order valence-electron chi connectivity index (χ4n) is 3.01. The molecule has 0 saturated heterocycles. The average molecular weight is 347 g/mol. The molecule has 0 radical (unpaired) electrons. The Morgan fingerprint density at radius 3 is 2.69 bits per heavy atom. The van der Waals surface area contributed by atoms with Crippen molar-refractivity contribution in [1.29, 1.82) is 0 Å². The van der Waals surface area contributed by atoms with Crippen molar-refractivity contribution >= 4 is 22.5 Å². The highest BCUT2D eigenvalue weighted by Gasteiger charge is 2.15. The molecule has 0 aromatic carbocycles. The van der Waals surface area contributed by atoms with Gasteiger partial charge in [-0.1, -0.05) is 6.92 Å². The summed E-state index contributed by atoms with van der Waals surface area (Å²) in [5.41, 5.74) is 4.68. The lowest BCUT2D eigenvalue weighted by Gasteiger charge is -2.11. The van der Waals surface area contributed by atoms with Crippen molar-refractivity contribution in [3.8, 4) is 11.1 Å². The first kappa shape index (κ1) is 16.2. The number of aryl methyl sites for hydroxylation is 2. The van der Waals surface area contributed by atoms with E-state index in [0.717, 1.165) is 40.0 Å².